The third kappa shape index (κ3) is 2.74. The van der Waals surface area contributed by atoms with Crippen LogP contribution in [0.5, 0.6) is 0 Å². The van der Waals surface area contributed by atoms with Gasteiger partial charge in [0.05, 0.1) is 9.89 Å². The van der Waals surface area contributed by atoms with Crippen molar-refractivity contribution in [2.45, 2.75) is 31.6 Å². The Balaban J connectivity index is 1.93. The molecule has 21 heavy (non-hydrogen) atoms. The molecule has 0 bridgehead atoms. The van der Waals surface area contributed by atoms with Crippen LogP contribution in [-0.2, 0) is 5.41 Å². The maximum Gasteiger partial charge on any atom is 0.233 e. The lowest BCUT2D eigenvalue weighted by Gasteiger charge is -2.33. The van der Waals surface area contributed by atoms with Crippen molar-refractivity contribution in [1.29, 1.82) is 0 Å². The predicted octanol–water partition coefficient (Wildman–Crippen LogP) is 3.67. The standard InChI is InChI=1S/C15H17BrFN3O/c1-2-15(5-7-18-8-6-15)14-19-13(20-21-14)10-3-4-12(17)11(16)9-10/h3-4,9,18H,2,5-8H2,1H3. The van der Waals surface area contributed by atoms with Gasteiger partial charge >= 0.3 is 0 Å². The van der Waals surface area contributed by atoms with Gasteiger partial charge in [-0.2, -0.15) is 4.98 Å². The van der Waals surface area contributed by atoms with Crippen LogP contribution in [0, 0.1) is 5.82 Å². The van der Waals surface area contributed by atoms with Crippen LogP contribution >= 0.6 is 15.9 Å². The van der Waals surface area contributed by atoms with E-state index in [9.17, 15) is 4.39 Å². The first-order valence-electron chi connectivity index (χ1n) is 7.15. The van der Waals surface area contributed by atoms with E-state index in [-0.39, 0.29) is 11.2 Å². The summed E-state index contributed by atoms with van der Waals surface area (Å²) < 4.78 is 19.2. The fourth-order valence-electron chi connectivity index (χ4n) is 2.82. The largest absolute Gasteiger partial charge is 0.338 e. The Kier molecular flexibility index (Phi) is 4.08. The summed E-state index contributed by atoms with van der Waals surface area (Å²) in [7, 11) is 0. The second-order valence-electron chi connectivity index (χ2n) is 5.44. The Labute approximate surface area is 131 Å². The van der Waals surface area contributed by atoms with E-state index in [0.717, 1.165) is 37.9 Å². The van der Waals surface area contributed by atoms with Crippen LogP contribution in [0.3, 0.4) is 0 Å². The smallest absolute Gasteiger partial charge is 0.233 e. The van der Waals surface area contributed by atoms with Crippen molar-refractivity contribution in [3.8, 4) is 11.4 Å². The Hall–Kier alpha value is -1.27. The highest BCUT2D eigenvalue weighted by molar-refractivity contribution is 9.10. The summed E-state index contributed by atoms with van der Waals surface area (Å²) in [5.41, 5.74) is 0.715. The minimum absolute atomic E-state index is 0.0340. The van der Waals surface area contributed by atoms with E-state index >= 15 is 0 Å². The van der Waals surface area contributed by atoms with Crippen LogP contribution in [0.4, 0.5) is 4.39 Å². The number of aromatic nitrogens is 2. The zero-order valence-corrected chi connectivity index (χ0v) is 13.4. The number of nitrogens with one attached hydrogen (secondary N) is 1. The summed E-state index contributed by atoms with van der Waals surface area (Å²) in [6.07, 6.45) is 2.97. The van der Waals surface area contributed by atoms with Crippen LogP contribution in [-0.4, -0.2) is 23.2 Å². The molecular weight excluding hydrogens is 337 g/mol. The molecule has 1 fully saturated rings. The predicted molar refractivity (Wildman–Crippen MR) is 81.5 cm³/mol. The second kappa shape index (κ2) is 5.85. The first-order valence-corrected chi connectivity index (χ1v) is 7.94. The van der Waals surface area contributed by atoms with Crippen LogP contribution in [0.25, 0.3) is 11.4 Å². The Morgan fingerprint density at radius 3 is 2.81 bits per heavy atom. The molecule has 0 spiro atoms. The van der Waals surface area contributed by atoms with E-state index in [1.54, 1.807) is 12.1 Å². The second-order valence-corrected chi connectivity index (χ2v) is 6.29. The van der Waals surface area contributed by atoms with Gasteiger partial charge in [0.25, 0.3) is 0 Å². The van der Waals surface area contributed by atoms with Gasteiger partial charge in [-0.25, -0.2) is 4.39 Å². The van der Waals surface area contributed by atoms with Crippen molar-refractivity contribution in [1.82, 2.24) is 15.5 Å². The molecule has 2 heterocycles. The fraction of sp³-hybridized carbons (Fsp3) is 0.467. The zero-order valence-electron chi connectivity index (χ0n) is 11.8. The SMILES string of the molecule is CCC1(c2nc(-c3ccc(F)c(Br)c3)no2)CCNCC1. The number of hydrogen-bond acceptors (Lipinski definition) is 4. The Bertz CT molecular complexity index is 638. The van der Waals surface area contributed by atoms with Gasteiger partial charge in [-0.05, 0) is 66.5 Å². The molecule has 0 atom stereocenters. The van der Waals surface area contributed by atoms with Gasteiger partial charge in [-0.1, -0.05) is 12.1 Å². The highest BCUT2D eigenvalue weighted by atomic mass is 79.9. The van der Waals surface area contributed by atoms with Crippen molar-refractivity contribution in [2.75, 3.05) is 13.1 Å². The van der Waals surface area contributed by atoms with E-state index < -0.39 is 0 Å². The van der Waals surface area contributed by atoms with Crippen LogP contribution in [0.1, 0.15) is 32.1 Å². The number of piperidine rings is 1. The molecule has 2 aromatic rings. The minimum Gasteiger partial charge on any atom is -0.338 e. The van der Waals surface area contributed by atoms with E-state index in [4.69, 9.17) is 4.52 Å². The molecular formula is C15H17BrFN3O. The van der Waals surface area contributed by atoms with E-state index in [0.29, 0.717) is 16.2 Å². The summed E-state index contributed by atoms with van der Waals surface area (Å²) in [4.78, 5) is 4.57. The molecule has 1 aromatic carbocycles. The van der Waals surface area contributed by atoms with E-state index in [1.165, 1.54) is 6.07 Å². The average Bonchev–Trinajstić information content (AvgIpc) is 3.01. The van der Waals surface area contributed by atoms with Gasteiger partial charge in [0.1, 0.15) is 5.82 Å². The van der Waals surface area contributed by atoms with Crippen LogP contribution in [0.15, 0.2) is 27.2 Å². The van der Waals surface area contributed by atoms with Crippen molar-refractivity contribution >= 4 is 15.9 Å². The first-order chi connectivity index (χ1) is 10.1. The lowest BCUT2D eigenvalue weighted by Crippen LogP contribution is -2.39. The zero-order chi connectivity index (χ0) is 14.9. The van der Waals surface area contributed by atoms with Gasteiger partial charge in [0.15, 0.2) is 0 Å². The minimum atomic E-state index is -0.300. The molecule has 4 nitrogen and oxygen atoms in total. The van der Waals surface area contributed by atoms with Gasteiger partial charge in [-0.15, -0.1) is 0 Å². The number of rotatable bonds is 3. The number of benzene rings is 1. The highest BCUT2D eigenvalue weighted by Crippen LogP contribution is 2.36. The molecule has 1 aliphatic rings. The normalized spacial score (nSPS) is 17.9. The van der Waals surface area contributed by atoms with E-state index in [2.05, 4.69) is 38.3 Å². The number of hydrogen-bond donors (Lipinski definition) is 1. The quantitative estimate of drug-likeness (QED) is 0.914. The van der Waals surface area contributed by atoms with Crippen LogP contribution in [0.2, 0.25) is 0 Å². The third-order valence-corrected chi connectivity index (χ3v) is 4.90. The summed E-state index contributed by atoms with van der Waals surface area (Å²) in [6, 6.07) is 4.73. The van der Waals surface area contributed by atoms with Gasteiger partial charge in [0.2, 0.25) is 11.7 Å². The molecule has 112 valence electrons. The van der Waals surface area contributed by atoms with E-state index in [1.807, 2.05) is 0 Å². The monoisotopic (exact) mass is 353 g/mol. The Morgan fingerprint density at radius 1 is 1.38 bits per heavy atom. The molecule has 6 heteroatoms. The van der Waals surface area contributed by atoms with Crippen molar-refractivity contribution in [3.05, 3.63) is 34.4 Å². The molecule has 0 amide bonds. The summed E-state index contributed by atoms with van der Waals surface area (Å²) in [6.45, 7) is 4.09. The molecule has 0 saturated carbocycles. The van der Waals surface area contributed by atoms with Crippen LogP contribution < -0.4 is 5.32 Å². The number of nitrogens with zero attached hydrogens (tertiary/aromatic N) is 2. The summed E-state index contributed by atoms with van der Waals surface area (Å²) in [5, 5.41) is 7.43. The Morgan fingerprint density at radius 2 is 2.14 bits per heavy atom. The maximum atomic E-state index is 13.3. The maximum absolute atomic E-state index is 13.3. The third-order valence-electron chi connectivity index (χ3n) is 4.29. The molecule has 1 aromatic heterocycles. The summed E-state index contributed by atoms with van der Waals surface area (Å²) in [5.74, 6) is 0.907. The highest BCUT2D eigenvalue weighted by Gasteiger charge is 2.37. The molecule has 3 rings (SSSR count). The van der Waals surface area contributed by atoms with Gasteiger partial charge in [-0.3, -0.25) is 0 Å². The molecule has 0 unspecified atom stereocenters. The molecule has 1 saturated heterocycles. The first kappa shape index (κ1) is 14.7. The molecule has 1 aliphatic heterocycles. The lowest BCUT2D eigenvalue weighted by molar-refractivity contribution is 0.216. The number of halogens is 2. The average molecular weight is 354 g/mol. The van der Waals surface area contributed by atoms with Gasteiger partial charge < -0.3 is 9.84 Å². The van der Waals surface area contributed by atoms with Crippen molar-refractivity contribution in [2.24, 2.45) is 0 Å². The molecule has 1 N–H and O–H groups in total. The summed E-state index contributed by atoms with van der Waals surface area (Å²) >= 11 is 3.18. The van der Waals surface area contributed by atoms with Crippen molar-refractivity contribution in [3.63, 3.8) is 0 Å². The van der Waals surface area contributed by atoms with Crippen molar-refractivity contribution < 1.29 is 8.91 Å². The fourth-order valence-corrected chi connectivity index (χ4v) is 3.19. The topological polar surface area (TPSA) is 51.0 Å². The molecule has 0 aliphatic carbocycles. The van der Waals surface area contributed by atoms with Gasteiger partial charge in [0, 0.05) is 5.56 Å². The molecule has 0 radical (unpaired) electrons. The lowest BCUT2D eigenvalue weighted by atomic mass is 9.76.